The Balaban J connectivity index is 1.74. The van der Waals surface area contributed by atoms with Crippen molar-refractivity contribution >= 4 is 17.5 Å². The molecular weight excluding hydrogens is 314 g/mol. The van der Waals surface area contributed by atoms with Crippen LogP contribution in [0.2, 0.25) is 0 Å². The van der Waals surface area contributed by atoms with Gasteiger partial charge in [0.1, 0.15) is 0 Å². The molecule has 2 amide bonds. The smallest absolute Gasteiger partial charge is 0.251 e. The Morgan fingerprint density at radius 1 is 1.16 bits per heavy atom. The lowest BCUT2D eigenvalue weighted by Crippen LogP contribution is -2.30. The fourth-order valence-electron chi connectivity index (χ4n) is 3.13. The van der Waals surface area contributed by atoms with Gasteiger partial charge in [0.25, 0.3) is 5.91 Å². The molecule has 1 saturated heterocycles. The van der Waals surface area contributed by atoms with Gasteiger partial charge in [-0.15, -0.1) is 0 Å². The SMILES string of the molecule is CCCCN(CC)CCCNC(=O)c1ccc(N2CCCC2=O)cc1. The maximum Gasteiger partial charge on any atom is 0.251 e. The second-order valence-corrected chi connectivity index (χ2v) is 6.59. The summed E-state index contributed by atoms with van der Waals surface area (Å²) in [5, 5.41) is 2.99. The second-order valence-electron chi connectivity index (χ2n) is 6.59. The van der Waals surface area contributed by atoms with Gasteiger partial charge in [0, 0.05) is 30.8 Å². The first-order chi connectivity index (χ1) is 12.2. The molecule has 1 fully saturated rings. The van der Waals surface area contributed by atoms with E-state index in [1.54, 1.807) is 17.0 Å². The summed E-state index contributed by atoms with van der Waals surface area (Å²) in [7, 11) is 0. The molecule has 1 aromatic carbocycles. The first-order valence-corrected chi connectivity index (χ1v) is 9.56. The number of carbonyl (C=O) groups is 2. The fourth-order valence-corrected chi connectivity index (χ4v) is 3.13. The highest BCUT2D eigenvalue weighted by Gasteiger charge is 2.21. The van der Waals surface area contributed by atoms with Crippen molar-refractivity contribution < 1.29 is 9.59 Å². The van der Waals surface area contributed by atoms with E-state index in [1.165, 1.54) is 12.8 Å². The standard InChI is InChI=1S/C20H31N3O2/c1-3-5-14-22(4-2)15-7-13-21-20(25)17-9-11-18(12-10-17)23-16-6-8-19(23)24/h9-12H,3-8,13-16H2,1-2H3,(H,21,25). The number of carbonyl (C=O) groups excluding carboxylic acids is 2. The van der Waals surface area contributed by atoms with Crippen LogP contribution >= 0.6 is 0 Å². The molecule has 1 aromatic rings. The van der Waals surface area contributed by atoms with Gasteiger partial charge in [-0.1, -0.05) is 20.3 Å². The number of amides is 2. The van der Waals surface area contributed by atoms with Gasteiger partial charge in [0.2, 0.25) is 5.91 Å². The van der Waals surface area contributed by atoms with Gasteiger partial charge in [-0.05, 0) is 63.2 Å². The van der Waals surface area contributed by atoms with Gasteiger partial charge in [-0.2, -0.15) is 0 Å². The Morgan fingerprint density at radius 2 is 1.88 bits per heavy atom. The average molecular weight is 345 g/mol. The van der Waals surface area contributed by atoms with Crippen LogP contribution in [0.25, 0.3) is 0 Å². The number of benzene rings is 1. The third-order valence-corrected chi connectivity index (χ3v) is 4.73. The van der Waals surface area contributed by atoms with Crippen LogP contribution in [0.15, 0.2) is 24.3 Å². The van der Waals surface area contributed by atoms with Crippen molar-refractivity contribution in [3.8, 4) is 0 Å². The van der Waals surface area contributed by atoms with Crippen molar-refractivity contribution in [2.45, 2.75) is 46.0 Å². The van der Waals surface area contributed by atoms with E-state index in [4.69, 9.17) is 0 Å². The Labute approximate surface area is 151 Å². The molecule has 2 rings (SSSR count). The highest BCUT2D eigenvalue weighted by Crippen LogP contribution is 2.21. The molecule has 5 nitrogen and oxygen atoms in total. The van der Waals surface area contributed by atoms with E-state index in [-0.39, 0.29) is 11.8 Å². The minimum Gasteiger partial charge on any atom is -0.352 e. The Morgan fingerprint density at radius 3 is 2.48 bits per heavy atom. The van der Waals surface area contributed by atoms with E-state index in [9.17, 15) is 9.59 Å². The third-order valence-electron chi connectivity index (χ3n) is 4.73. The molecular formula is C20H31N3O2. The van der Waals surface area contributed by atoms with E-state index in [0.29, 0.717) is 18.5 Å². The summed E-state index contributed by atoms with van der Waals surface area (Å²) in [4.78, 5) is 28.2. The second kappa shape index (κ2) is 10.2. The molecule has 1 aliphatic rings. The summed E-state index contributed by atoms with van der Waals surface area (Å²) >= 11 is 0. The molecule has 0 aromatic heterocycles. The van der Waals surface area contributed by atoms with Crippen LogP contribution in [0.5, 0.6) is 0 Å². The molecule has 0 atom stereocenters. The lowest BCUT2D eigenvalue weighted by molar-refractivity contribution is -0.117. The van der Waals surface area contributed by atoms with E-state index >= 15 is 0 Å². The maximum absolute atomic E-state index is 12.2. The number of unbranched alkanes of at least 4 members (excludes halogenated alkanes) is 1. The summed E-state index contributed by atoms with van der Waals surface area (Å²) in [6.07, 6.45) is 4.94. The number of rotatable bonds is 10. The van der Waals surface area contributed by atoms with Gasteiger partial charge in [0.05, 0.1) is 0 Å². The van der Waals surface area contributed by atoms with Crippen molar-refractivity contribution in [3.05, 3.63) is 29.8 Å². The monoisotopic (exact) mass is 345 g/mol. The van der Waals surface area contributed by atoms with E-state index in [1.807, 2.05) is 12.1 Å². The first-order valence-electron chi connectivity index (χ1n) is 9.56. The van der Waals surface area contributed by atoms with Crippen LogP contribution in [0.3, 0.4) is 0 Å². The molecule has 1 heterocycles. The number of hydrogen-bond acceptors (Lipinski definition) is 3. The summed E-state index contributed by atoms with van der Waals surface area (Å²) in [6, 6.07) is 7.33. The molecule has 5 heteroatoms. The van der Waals surface area contributed by atoms with Crippen molar-refractivity contribution in [1.82, 2.24) is 10.2 Å². The molecule has 0 saturated carbocycles. The van der Waals surface area contributed by atoms with Crippen molar-refractivity contribution in [1.29, 1.82) is 0 Å². The molecule has 0 bridgehead atoms. The summed E-state index contributed by atoms with van der Waals surface area (Å²) in [5.74, 6) is 0.122. The highest BCUT2D eigenvalue weighted by molar-refractivity contribution is 5.97. The van der Waals surface area contributed by atoms with Crippen LogP contribution < -0.4 is 10.2 Å². The van der Waals surface area contributed by atoms with Crippen LogP contribution in [-0.4, -0.2) is 49.4 Å². The van der Waals surface area contributed by atoms with Crippen molar-refractivity contribution in [3.63, 3.8) is 0 Å². The largest absolute Gasteiger partial charge is 0.352 e. The molecule has 0 aliphatic carbocycles. The molecule has 1 aliphatic heterocycles. The van der Waals surface area contributed by atoms with Gasteiger partial charge in [-0.25, -0.2) is 0 Å². The van der Waals surface area contributed by atoms with Gasteiger partial charge in [0.15, 0.2) is 0 Å². The Hall–Kier alpha value is -1.88. The molecule has 0 unspecified atom stereocenters. The highest BCUT2D eigenvalue weighted by atomic mass is 16.2. The Bertz CT molecular complexity index is 557. The molecule has 25 heavy (non-hydrogen) atoms. The van der Waals surface area contributed by atoms with Crippen molar-refractivity contribution in [2.24, 2.45) is 0 Å². The average Bonchev–Trinajstić information content (AvgIpc) is 3.07. The van der Waals surface area contributed by atoms with Crippen LogP contribution in [0.1, 0.15) is 56.3 Å². The normalized spacial score (nSPS) is 14.4. The number of nitrogens with zero attached hydrogens (tertiary/aromatic N) is 2. The lowest BCUT2D eigenvalue weighted by atomic mass is 10.2. The summed E-state index contributed by atoms with van der Waals surface area (Å²) in [5.41, 5.74) is 1.53. The van der Waals surface area contributed by atoms with Crippen LogP contribution in [0.4, 0.5) is 5.69 Å². The minimum absolute atomic E-state index is 0.0455. The number of anilines is 1. The van der Waals surface area contributed by atoms with Crippen LogP contribution in [-0.2, 0) is 4.79 Å². The fraction of sp³-hybridized carbons (Fsp3) is 0.600. The predicted molar refractivity (Wildman–Crippen MR) is 102 cm³/mol. The minimum atomic E-state index is -0.0455. The van der Waals surface area contributed by atoms with Gasteiger partial charge >= 0.3 is 0 Å². The molecule has 0 spiro atoms. The Kier molecular flexibility index (Phi) is 7.92. The molecule has 1 N–H and O–H groups in total. The zero-order chi connectivity index (χ0) is 18.1. The quantitative estimate of drug-likeness (QED) is 0.663. The van der Waals surface area contributed by atoms with E-state index in [2.05, 4.69) is 24.1 Å². The van der Waals surface area contributed by atoms with Crippen molar-refractivity contribution in [2.75, 3.05) is 37.6 Å². The third kappa shape index (κ3) is 5.85. The maximum atomic E-state index is 12.2. The van der Waals surface area contributed by atoms with Crippen LogP contribution in [0, 0.1) is 0 Å². The van der Waals surface area contributed by atoms with E-state index in [0.717, 1.165) is 44.7 Å². The summed E-state index contributed by atoms with van der Waals surface area (Å²) in [6.45, 7) is 9.07. The van der Waals surface area contributed by atoms with Gasteiger partial charge < -0.3 is 15.1 Å². The lowest BCUT2D eigenvalue weighted by Gasteiger charge is -2.20. The topological polar surface area (TPSA) is 52.7 Å². The zero-order valence-corrected chi connectivity index (χ0v) is 15.6. The first kappa shape index (κ1) is 19.4. The number of hydrogen-bond donors (Lipinski definition) is 1. The van der Waals surface area contributed by atoms with E-state index < -0.39 is 0 Å². The number of nitrogens with one attached hydrogen (secondary N) is 1. The zero-order valence-electron chi connectivity index (χ0n) is 15.6. The predicted octanol–water partition coefficient (Wildman–Crippen LogP) is 3.06. The summed E-state index contributed by atoms with van der Waals surface area (Å²) < 4.78 is 0. The molecule has 138 valence electrons. The molecule has 0 radical (unpaired) electrons. The van der Waals surface area contributed by atoms with Gasteiger partial charge in [-0.3, -0.25) is 9.59 Å².